The third-order valence-electron chi connectivity index (χ3n) is 8.05. The Kier molecular flexibility index (Phi) is 11.9. The van der Waals surface area contributed by atoms with Gasteiger partial charge in [0.2, 0.25) is 11.8 Å². The summed E-state index contributed by atoms with van der Waals surface area (Å²) in [5.41, 5.74) is 1.40. The minimum Gasteiger partial charge on any atom is -0.493 e. The van der Waals surface area contributed by atoms with Gasteiger partial charge in [0.15, 0.2) is 11.5 Å². The molecule has 0 radical (unpaired) electrons. The van der Waals surface area contributed by atoms with Crippen molar-refractivity contribution in [2.75, 3.05) is 26.8 Å². The van der Waals surface area contributed by atoms with Gasteiger partial charge in [0, 0.05) is 37.1 Å². The monoisotopic (exact) mass is 708 g/mol. The molecule has 2 aliphatic rings. The Morgan fingerprint density at radius 2 is 1.98 bits per heavy atom. The minimum atomic E-state index is -1.22. The van der Waals surface area contributed by atoms with Crippen LogP contribution in [0.2, 0.25) is 0 Å². The smallest absolute Gasteiger partial charge is 0.247 e. The number of benzene rings is 2. The van der Waals surface area contributed by atoms with Crippen LogP contribution in [0.3, 0.4) is 0 Å². The summed E-state index contributed by atoms with van der Waals surface area (Å²) in [6, 6.07) is 8.51. The van der Waals surface area contributed by atoms with E-state index < -0.39 is 24.2 Å². The minimum absolute atomic E-state index is 0.0394. The van der Waals surface area contributed by atoms with Gasteiger partial charge in [-0.3, -0.25) is 14.4 Å². The molecule has 0 bridgehead atoms. The molecule has 2 aromatic rings. The van der Waals surface area contributed by atoms with Crippen LogP contribution in [0.1, 0.15) is 54.4 Å². The molecule has 2 aromatic carbocycles. The van der Waals surface area contributed by atoms with Crippen LogP contribution >= 0.6 is 22.6 Å². The zero-order valence-corrected chi connectivity index (χ0v) is 26.3. The van der Waals surface area contributed by atoms with Gasteiger partial charge in [0.05, 0.1) is 23.3 Å². The lowest BCUT2D eigenvalue weighted by Gasteiger charge is -2.41. The molecule has 3 atom stereocenters. The standard InChI is InChI=1S/C32H38FIN2O7/c1-42-28-15-22(19-38)14-25(34)31(28)43-27-18-23(32(41)35-10-12-37)17-26(30(27)40)36(29(39)16-20-5-2-3-6-20)11-9-21-7-4-8-24(33)13-21/h4,7-8,13-15,18-20,26-27,30,37,40H,2-3,5-6,9-12,16-17H2,1H3,(H,35,41). The van der Waals surface area contributed by atoms with E-state index in [1.165, 1.54) is 31.4 Å². The van der Waals surface area contributed by atoms with Crippen LogP contribution in [0.5, 0.6) is 11.5 Å². The first-order chi connectivity index (χ1) is 20.7. The molecule has 1 saturated carbocycles. The van der Waals surface area contributed by atoms with Crippen molar-refractivity contribution in [1.82, 2.24) is 10.2 Å². The number of halogens is 2. The molecule has 2 aliphatic carbocycles. The Hall–Kier alpha value is -3.03. The van der Waals surface area contributed by atoms with E-state index >= 15 is 0 Å². The van der Waals surface area contributed by atoms with Gasteiger partial charge < -0.3 is 29.9 Å². The van der Waals surface area contributed by atoms with Crippen molar-refractivity contribution in [2.45, 2.75) is 63.2 Å². The number of amides is 2. The molecule has 43 heavy (non-hydrogen) atoms. The zero-order chi connectivity index (χ0) is 30.9. The topological polar surface area (TPSA) is 125 Å². The van der Waals surface area contributed by atoms with Crippen molar-refractivity contribution in [3.8, 4) is 11.5 Å². The number of aldehydes is 1. The molecular weight excluding hydrogens is 670 g/mol. The average Bonchev–Trinajstić information content (AvgIpc) is 3.51. The van der Waals surface area contributed by atoms with Crippen molar-refractivity contribution in [3.63, 3.8) is 0 Å². The first-order valence-corrected chi connectivity index (χ1v) is 15.6. The largest absolute Gasteiger partial charge is 0.493 e. The van der Waals surface area contributed by atoms with Crippen LogP contribution in [0.25, 0.3) is 0 Å². The van der Waals surface area contributed by atoms with Gasteiger partial charge in [-0.25, -0.2) is 4.39 Å². The van der Waals surface area contributed by atoms with Crippen LogP contribution in [0.15, 0.2) is 48.0 Å². The number of aliphatic hydroxyl groups is 2. The molecule has 3 N–H and O–H groups in total. The predicted molar refractivity (Wildman–Crippen MR) is 166 cm³/mol. The number of carbonyl (C=O) groups excluding carboxylic acids is 3. The Balaban J connectivity index is 1.68. The lowest BCUT2D eigenvalue weighted by molar-refractivity contribution is -0.139. The quantitative estimate of drug-likeness (QED) is 0.214. The molecule has 4 rings (SSSR count). The lowest BCUT2D eigenvalue weighted by atomic mass is 9.87. The van der Waals surface area contributed by atoms with Crippen molar-refractivity contribution < 1.29 is 38.5 Å². The maximum Gasteiger partial charge on any atom is 0.247 e. The van der Waals surface area contributed by atoms with Crippen molar-refractivity contribution >= 4 is 40.7 Å². The molecule has 1 fully saturated rings. The number of aliphatic hydroxyl groups excluding tert-OH is 2. The van der Waals surface area contributed by atoms with Gasteiger partial charge in [-0.2, -0.15) is 0 Å². The van der Waals surface area contributed by atoms with Crippen molar-refractivity contribution in [3.05, 3.63) is 68.6 Å². The summed E-state index contributed by atoms with van der Waals surface area (Å²) in [4.78, 5) is 40.0. The van der Waals surface area contributed by atoms with Crippen LogP contribution in [0, 0.1) is 15.3 Å². The van der Waals surface area contributed by atoms with Gasteiger partial charge in [0.1, 0.15) is 24.3 Å². The van der Waals surface area contributed by atoms with E-state index in [2.05, 4.69) is 5.32 Å². The summed E-state index contributed by atoms with van der Waals surface area (Å²) in [6.07, 6.45) is 4.78. The number of ether oxygens (including phenoxy) is 2. The van der Waals surface area contributed by atoms with Gasteiger partial charge in [-0.1, -0.05) is 25.0 Å². The van der Waals surface area contributed by atoms with E-state index in [0.717, 1.165) is 25.7 Å². The Labute approximate surface area is 264 Å². The molecule has 11 heteroatoms. The maximum atomic E-state index is 13.9. The number of carbonyl (C=O) groups is 3. The highest BCUT2D eigenvalue weighted by Crippen LogP contribution is 2.37. The third kappa shape index (κ3) is 8.54. The fraction of sp³-hybridized carbons (Fsp3) is 0.469. The Morgan fingerprint density at radius 3 is 2.65 bits per heavy atom. The van der Waals surface area contributed by atoms with Crippen LogP contribution in [-0.4, -0.2) is 78.3 Å². The van der Waals surface area contributed by atoms with E-state index in [-0.39, 0.29) is 55.3 Å². The number of methoxy groups -OCH3 is 1. The summed E-state index contributed by atoms with van der Waals surface area (Å²) < 4.78 is 26.3. The average molecular weight is 709 g/mol. The van der Waals surface area contributed by atoms with E-state index in [4.69, 9.17) is 9.47 Å². The summed E-state index contributed by atoms with van der Waals surface area (Å²) in [6.45, 7) is 0.00465. The normalized spacial score (nSPS) is 20.3. The van der Waals surface area contributed by atoms with Gasteiger partial charge in [-0.05, 0) is 83.7 Å². The molecule has 0 aromatic heterocycles. The molecule has 2 amide bonds. The highest BCUT2D eigenvalue weighted by atomic mass is 127. The molecule has 3 unspecified atom stereocenters. The van der Waals surface area contributed by atoms with Crippen LogP contribution in [0.4, 0.5) is 4.39 Å². The predicted octanol–water partition coefficient (Wildman–Crippen LogP) is 3.82. The molecule has 0 spiro atoms. The summed E-state index contributed by atoms with van der Waals surface area (Å²) in [5.74, 6) is -0.127. The first-order valence-electron chi connectivity index (χ1n) is 14.5. The summed E-state index contributed by atoms with van der Waals surface area (Å²) in [7, 11) is 1.44. The fourth-order valence-corrected chi connectivity index (χ4v) is 6.59. The number of nitrogens with one attached hydrogen (secondary N) is 1. The highest BCUT2D eigenvalue weighted by molar-refractivity contribution is 14.1. The molecule has 0 heterocycles. The van der Waals surface area contributed by atoms with Gasteiger partial charge in [-0.15, -0.1) is 0 Å². The van der Waals surface area contributed by atoms with E-state index in [9.17, 15) is 29.0 Å². The molecule has 0 saturated heterocycles. The SMILES string of the molecule is COc1cc(C=O)cc(I)c1OC1C=C(C(=O)NCCO)CC(N(CCc2cccc(F)c2)C(=O)CC2CCCC2)C1O. The second kappa shape index (κ2) is 15.6. The van der Waals surface area contributed by atoms with Crippen LogP contribution < -0.4 is 14.8 Å². The lowest BCUT2D eigenvalue weighted by Crippen LogP contribution is -2.55. The van der Waals surface area contributed by atoms with Gasteiger partial charge >= 0.3 is 0 Å². The number of hydrogen-bond donors (Lipinski definition) is 3. The number of rotatable bonds is 13. The van der Waals surface area contributed by atoms with Crippen LogP contribution in [-0.2, 0) is 16.0 Å². The molecule has 9 nitrogen and oxygen atoms in total. The van der Waals surface area contributed by atoms with E-state index in [1.807, 2.05) is 22.6 Å². The molecular formula is C32H38FIN2O7. The Bertz CT molecular complexity index is 1330. The van der Waals surface area contributed by atoms with Crippen molar-refractivity contribution in [1.29, 1.82) is 0 Å². The number of hydrogen-bond acceptors (Lipinski definition) is 7. The number of nitrogens with zero attached hydrogens (tertiary/aromatic N) is 1. The van der Waals surface area contributed by atoms with Crippen molar-refractivity contribution in [2.24, 2.45) is 5.92 Å². The highest BCUT2D eigenvalue weighted by Gasteiger charge is 2.41. The van der Waals surface area contributed by atoms with Gasteiger partial charge in [0.25, 0.3) is 0 Å². The fourth-order valence-electron chi connectivity index (χ4n) is 5.83. The summed E-state index contributed by atoms with van der Waals surface area (Å²) >= 11 is 2.01. The third-order valence-corrected chi connectivity index (χ3v) is 8.85. The second-order valence-electron chi connectivity index (χ2n) is 11.0. The first kappa shape index (κ1) is 32.9. The Morgan fingerprint density at radius 1 is 1.21 bits per heavy atom. The molecule has 0 aliphatic heterocycles. The van der Waals surface area contributed by atoms with E-state index in [0.29, 0.717) is 39.4 Å². The summed E-state index contributed by atoms with van der Waals surface area (Å²) in [5, 5.41) is 23.7. The second-order valence-corrected chi connectivity index (χ2v) is 12.2. The zero-order valence-electron chi connectivity index (χ0n) is 24.1. The van der Waals surface area contributed by atoms with E-state index in [1.54, 1.807) is 23.1 Å². The maximum absolute atomic E-state index is 13.9. The molecule has 232 valence electrons.